The Hall–Kier alpha value is -1.97. The molecule has 0 saturated carbocycles. The van der Waals surface area contributed by atoms with E-state index in [1.54, 1.807) is 7.11 Å². The van der Waals surface area contributed by atoms with Crippen molar-refractivity contribution in [3.8, 4) is 5.75 Å². The molecule has 0 unspecified atom stereocenters. The van der Waals surface area contributed by atoms with Gasteiger partial charge in [0, 0.05) is 17.4 Å². The van der Waals surface area contributed by atoms with E-state index >= 15 is 0 Å². The molecule has 0 atom stereocenters. The molecular weight excluding hydrogens is 228 g/mol. The van der Waals surface area contributed by atoms with Crippen LogP contribution >= 0.6 is 0 Å². The number of rotatable bonds is 1. The van der Waals surface area contributed by atoms with Crippen molar-refractivity contribution >= 4 is 16.6 Å². The Labute approximate surface area is 105 Å². The third-order valence-electron chi connectivity index (χ3n) is 3.71. The fraction of sp³-hybridized carbons (Fsp3) is 0.357. The largest absolute Gasteiger partial charge is 0.497 e. The molecule has 1 aliphatic heterocycles. The highest BCUT2D eigenvalue weighted by atomic mass is 16.5. The third-order valence-corrected chi connectivity index (χ3v) is 3.71. The molecule has 0 saturated heterocycles. The molecule has 4 nitrogen and oxygen atoms in total. The van der Waals surface area contributed by atoms with Gasteiger partial charge in [-0.25, -0.2) is 0 Å². The van der Waals surface area contributed by atoms with Crippen molar-refractivity contribution in [2.24, 2.45) is 5.16 Å². The summed E-state index contributed by atoms with van der Waals surface area (Å²) in [6, 6.07) is 6.09. The molecule has 94 valence electrons. The van der Waals surface area contributed by atoms with Gasteiger partial charge < -0.3 is 14.5 Å². The Morgan fingerprint density at radius 2 is 2.22 bits per heavy atom. The quantitative estimate of drug-likeness (QED) is 0.619. The SMILES string of the molecule is COc1ccc2c(c1)c(C)c1n2CCCC1=NO. The normalized spacial score (nSPS) is 17.1. The lowest BCUT2D eigenvalue weighted by atomic mass is 10.0. The maximum Gasteiger partial charge on any atom is 0.119 e. The highest BCUT2D eigenvalue weighted by molar-refractivity contribution is 6.06. The van der Waals surface area contributed by atoms with Gasteiger partial charge in [0.05, 0.1) is 12.8 Å². The number of hydrogen-bond donors (Lipinski definition) is 1. The summed E-state index contributed by atoms with van der Waals surface area (Å²) in [6.45, 7) is 3.05. The molecular formula is C14H16N2O2. The zero-order valence-electron chi connectivity index (χ0n) is 10.6. The van der Waals surface area contributed by atoms with Gasteiger partial charge in [0.15, 0.2) is 0 Å². The van der Waals surface area contributed by atoms with Crippen molar-refractivity contribution in [3.63, 3.8) is 0 Å². The van der Waals surface area contributed by atoms with E-state index in [-0.39, 0.29) is 0 Å². The van der Waals surface area contributed by atoms with E-state index in [1.807, 2.05) is 12.1 Å². The van der Waals surface area contributed by atoms with E-state index in [9.17, 15) is 0 Å². The summed E-state index contributed by atoms with van der Waals surface area (Å²) in [5.74, 6) is 0.857. The van der Waals surface area contributed by atoms with Crippen molar-refractivity contribution in [2.75, 3.05) is 7.11 Å². The van der Waals surface area contributed by atoms with Crippen LogP contribution in [0.15, 0.2) is 23.4 Å². The van der Waals surface area contributed by atoms with Crippen LogP contribution in [0, 0.1) is 6.92 Å². The number of hydrogen-bond acceptors (Lipinski definition) is 3. The first-order chi connectivity index (χ1) is 8.76. The number of fused-ring (bicyclic) bond motifs is 3. The summed E-state index contributed by atoms with van der Waals surface area (Å²) in [5.41, 5.74) is 4.20. The summed E-state index contributed by atoms with van der Waals surface area (Å²) in [5, 5.41) is 13.8. The lowest BCUT2D eigenvalue weighted by Gasteiger charge is -2.17. The van der Waals surface area contributed by atoms with Crippen molar-refractivity contribution in [1.82, 2.24) is 4.57 Å². The molecule has 0 spiro atoms. The second kappa shape index (κ2) is 4.05. The van der Waals surface area contributed by atoms with Gasteiger partial charge in [-0.1, -0.05) is 5.16 Å². The number of benzene rings is 1. The Kier molecular flexibility index (Phi) is 2.51. The first-order valence-corrected chi connectivity index (χ1v) is 6.14. The van der Waals surface area contributed by atoms with Crippen molar-refractivity contribution in [1.29, 1.82) is 0 Å². The Morgan fingerprint density at radius 3 is 2.94 bits per heavy atom. The Balaban J connectivity index is 2.34. The highest BCUT2D eigenvalue weighted by Crippen LogP contribution is 2.32. The minimum atomic E-state index is 0.786. The number of aromatic nitrogens is 1. The van der Waals surface area contributed by atoms with Crippen molar-refractivity contribution in [2.45, 2.75) is 26.3 Å². The topological polar surface area (TPSA) is 46.8 Å². The molecule has 0 amide bonds. The molecule has 0 bridgehead atoms. The van der Waals surface area contributed by atoms with Crippen LogP contribution in [0.25, 0.3) is 10.9 Å². The van der Waals surface area contributed by atoms with E-state index in [4.69, 9.17) is 9.94 Å². The minimum absolute atomic E-state index is 0.786. The average Bonchev–Trinajstić information content (AvgIpc) is 2.72. The zero-order valence-corrected chi connectivity index (χ0v) is 10.6. The van der Waals surface area contributed by atoms with Crippen LogP contribution in [0.2, 0.25) is 0 Å². The molecule has 2 heterocycles. The molecule has 1 N–H and O–H groups in total. The van der Waals surface area contributed by atoms with Gasteiger partial charge in [-0.3, -0.25) is 0 Å². The van der Waals surface area contributed by atoms with Gasteiger partial charge in [-0.2, -0.15) is 0 Å². The fourth-order valence-corrected chi connectivity index (χ4v) is 2.85. The molecule has 4 heteroatoms. The summed E-state index contributed by atoms with van der Waals surface area (Å²) < 4.78 is 7.51. The van der Waals surface area contributed by atoms with Gasteiger partial charge in [0.2, 0.25) is 0 Å². The lowest BCUT2D eigenvalue weighted by molar-refractivity contribution is 0.316. The number of methoxy groups -OCH3 is 1. The Morgan fingerprint density at radius 1 is 1.39 bits per heavy atom. The maximum atomic E-state index is 9.14. The number of aryl methyl sites for hydroxylation is 2. The highest BCUT2D eigenvalue weighted by Gasteiger charge is 2.22. The predicted octanol–water partition coefficient (Wildman–Crippen LogP) is 2.93. The minimum Gasteiger partial charge on any atom is -0.497 e. The average molecular weight is 244 g/mol. The van der Waals surface area contributed by atoms with E-state index in [1.165, 1.54) is 10.9 Å². The molecule has 2 aromatic rings. The van der Waals surface area contributed by atoms with Crippen LogP contribution in [0.5, 0.6) is 5.75 Å². The first kappa shape index (κ1) is 11.1. The number of ether oxygens (including phenoxy) is 1. The summed E-state index contributed by atoms with van der Waals surface area (Å²) >= 11 is 0. The standard InChI is InChI=1S/C14H16N2O2/c1-9-11-8-10(18-2)5-6-13(11)16-7-3-4-12(15-17)14(9)16/h5-6,8,17H,3-4,7H2,1-2H3. The van der Waals surface area contributed by atoms with Gasteiger partial charge >= 0.3 is 0 Å². The Bertz CT molecular complexity index is 641. The van der Waals surface area contributed by atoms with E-state index < -0.39 is 0 Å². The molecule has 1 aromatic heterocycles. The third kappa shape index (κ3) is 1.41. The van der Waals surface area contributed by atoms with E-state index in [0.717, 1.165) is 42.1 Å². The number of oxime groups is 1. The van der Waals surface area contributed by atoms with Gasteiger partial charge in [-0.05, 0) is 43.5 Å². The molecule has 18 heavy (non-hydrogen) atoms. The number of nitrogens with zero attached hydrogens (tertiary/aromatic N) is 2. The molecule has 3 rings (SSSR count). The van der Waals surface area contributed by atoms with Crippen LogP contribution in [0.1, 0.15) is 24.1 Å². The monoisotopic (exact) mass is 244 g/mol. The fourth-order valence-electron chi connectivity index (χ4n) is 2.85. The van der Waals surface area contributed by atoms with Crippen LogP contribution in [-0.4, -0.2) is 22.6 Å². The van der Waals surface area contributed by atoms with E-state index in [2.05, 4.69) is 22.7 Å². The smallest absolute Gasteiger partial charge is 0.119 e. The van der Waals surface area contributed by atoms with Gasteiger partial charge in [-0.15, -0.1) is 0 Å². The molecule has 0 radical (unpaired) electrons. The molecule has 0 aliphatic carbocycles. The van der Waals surface area contributed by atoms with Gasteiger partial charge in [0.1, 0.15) is 11.5 Å². The van der Waals surface area contributed by atoms with Crippen LogP contribution in [0.4, 0.5) is 0 Å². The molecule has 1 aromatic carbocycles. The molecule has 0 fully saturated rings. The second-order valence-corrected chi connectivity index (χ2v) is 4.66. The van der Waals surface area contributed by atoms with Crippen molar-refractivity contribution in [3.05, 3.63) is 29.5 Å². The maximum absolute atomic E-state index is 9.14. The van der Waals surface area contributed by atoms with Crippen LogP contribution < -0.4 is 4.74 Å². The van der Waals surface area contributed by atoms with Gasteiger partial charge in [0.25, 0.3) is 0 Å². The summed E-state index contributed by atoms with van der Waals surface area (Å²) in [7, 11) is 1.67. The molecule has 1 aliphatic rings. The van der Waals surface area contributed by atoms with Crippen LogP contribution in [-0.2, 0) is 6.54 Å². The second-order valence-electron chi connectivity index (χ2n) is 4.66. The van der Waals surface area contributed by atoms with Crippen molar-refractivity contribution < 1.29 is 9.94 Å². The van der Waals surface area contributed by atoms with Crippen LogP contribution in [0.3, 0.4) is 0 Å². The predicted molar refractivity (Wildman–Crippen MR) is 70.8 cm³/mol. The lowest BCUT2D eigenvalue weighted by Crippen LogP contribution is -2.17. The van der Waals surface area contributed by atoms with E-state index in [0.29, 0.717) is 0 Å². The first-order valence-electron chi connectivity index (χ1n) is 6.14. The summed E-state index contributed by atoms with van der Waals surface area (Å²) in [6.07, 6.45) is 1.85. The summed E-state index contributed by atoms with van der Waals surface area (Å²) in [4.78, 5) is 0. The zero-order chi connectivity index (χ0) is 12.7.